The van der Waals surface area contributed by atoms with E-state index in [1.165, 1.54) is 18.5 Å². The molecule has 0 amide bonds. The zero-order valence-corrected chi connectivity index (χ0v) is 9.16. The minimum absolute atomic E-state index is 0.0302. The summed E-state index contributed by atoms with van der Waals surface area (Å²) in [7, 11) is 1.76. The lowest BCUT2D eigenvalue weighted by molar-refractivity contribution is 0.628. The molecule has 1 heterocycles. The molecule has 0 bridgehead atoms. The van der Waals surface area contributed by atoms with Crippen LogP contribution in [0.1, 0.15) is 5.69 Å². The summed E-state index contributed by atoms with van der Waals surface area (Å²) in [6.45, 7) is 0. The van der Waals surface area contributed by atoms with Crippen molar-refractivity contribution in [1.29, 1.82) is 5.26 Å². The average Bonchev–Trinajstić information content (AvgIpc) is 2.64. The Morgan fingerprint density at radius 2 is 2.25 bits per heavy atom. The molecule has 2 aromatic rings. The van der Waals surface area contributed by atoms with Crippen molar-refractivity contribution in [3.63, 3.8) is 0 Å². The van der Waals surface area contributed by atoms with E-state index in [0.29, 0.717) is 17.0 Å². The van der Waals surface area contributed by atoms with Crippen molar-refractivity contribution in [2.75, 3.05) is 0 Å². The second-order valence-corrected chi connectivity index (χ2v) is 3.70. The van der Waals surface area contributed by atoms with Gasteiger partial charge in [0.25, 0.3) is 0 Å². The van der Waals surface area contributed by atoms with Gasteiger partial charge in [-0.05, 0) is 18.2 Å². The molecule has 0 N–H and O–H groups in total. The normalized spacial score (nSPS) is 10.1. The molecule has 1 aromatic carbocycles. The molecule has 0 fully saturated rings. The molecule has 16 heavy (non-hydrogen) atoms. The van der Waals surface area contributed by atoms with Crippen LogP contribution >= 0.6 is 11.6 Å². The molecule has 80 valence electrons. The fourth-order valence-electron chi connectivity index (χ4n) is 1.50. The first-order chi connectivity index (χ1) is 7.63. The van der Waals surface area contributed by atoms with Crippen LogP contribution in [0.2, 0.25) is 5.02 Å². The van der Waals surface area contributed by atoms with Gasteiger partial charge >= 0.3 is 0 Å². The number of imidazole rings is 1. The number of hydrogen-bond donors (Lipinski definition) is 0. The van der Waals surface area contributed by atoms with Gasteiger partial charge in [0.15, 0.2) is 5.69 Å². The van der Waals surface area contributed by atoms with Gasteiger partial charge in [0.05, 0.1) is 17.0 Å². The van der Waals surface area contributed by atoms with E-state index in [-0.39, 0.29) is 5.02 Å². The van der Waals surface area contributed by atoms with Crippen LogP contribution in [0, 0.1) is 17.1 Å². The third-order valence-corrected chi connectivity index (χ3v) is 2.53. The van der Waals surface area contributed by atoms with Crippen molar-refractivity contribution < 1.29 is 4.39 Å². The van der Waals surface area contributed by atoms with E-state index in [9.17, 15) is 4.39 Å². The van der Waals surface area contributed by atoms with Crippen LogP contribution in [0.3, 0.4) is 0 Å². The summed E-state index contributed by atoms with van der Waals surface area (Å²) in [5.74, 6) is -0.480. The Hall–Kier alpha value is -1.86. The minimum Gasteiger partial charge on any atom is -0.333 e. The molecule has 0 aliphatic heterocycles. The highest BCUT2D eigenvalue weighted by atomic mass is 35.5. The molecule has 0 atom stereocenters. The van der Waals surface area contributed by atoms with Crippen molar-refractivity contribution in [2.24, 2.45) is 7.05 Å². The maximum Gasteiger partial charge on any atom is 0.166 e. The molecule has 0 saturated heterocycles. The highest BCUT2D eigenvalue weighted by Crippen LogP contribution is 2.26. The Morgan fingerprint density at radius 3 is 2.88 bits per heavy atom. The SMILES string of the molecule is Cn1cnc(C#N)c1-c1ccc(F)c(Cl)c1. The van der Waals surface area contributed by atoms with Gasteiger partial charge in [-0.25, -0.2) is 9.37 Å². The molecule has 3 nitrogen and oxygen atoms in total. The van der Waals surface area contributed by atoms with Crippen molar-refractivity contribution in [3.8, 4) is 17.3 Å². The van der Waals surface area contributed by atoms with Crippen LogP contribution in [0.4, 0.5) is 4.39 Å². The quantitative estimate of drug-likeness (QED) is 0.763. The third-order valence-electron chi connectivity index (χ3n) is 2.24. The van der Waals surface area contributed by atoms with Gasteiger partial charge in [-0.15, -0.1) is 0 Å². The molecule has 5 heteroatoms. The Labute approximate surface area is 96.7 Å². The van der Waals surface area contributed by atoms with Gasteiger partial charge in [0, 0.05) is 12.6 Å². The first-order valence-corrected chi connectivity index (χ1v) is 4.88. The topological polar surface area (TPSA) is 41.6 Å². The first kappa shape index (κ1) is 10.7. The fraction of sp³-hybridized carbons (Fsp3) is 0.0909. The largest absolute Gasteiger partial charge is 0.333 e. The number of aromatic nitrogens is 2. The summed E-state index contributed by atoms with van der Waals surface area (Å²) in [6, 6.07) is 6.30. The smallest absolute Gasteiger partial charge is 0.166 e. The van der Waals surface area contributed by atoms with Crippen LogP contribution in [0.25, 0.3) is 11.3 Å². The Balaban J connectivity index is 2.63. The number of nitriles is 1. The number of halogens is 2. The highest BCUT2D eigenvalue weighted by molar-refractivity contribution is 6.31. The molecule has 0 saturated carbocycles. The van der Waals surface area contributed by atoms with Crippen molar-refractivity contribution in [3.05, 3.63) is 41.1 Å². The second-order valence-electron chi connectivity index (χ2n) is 3.29. The van der Waals surface area contributed by atoms with Gasteiger partial charge in [-0.1, -0.05) is 11.6 Å². The number of nitrogens with zero attached hydrogens (tertiary/aromatic N) is 3. The average molecular weight is 236 g/mol. The number of hydrogen-bond acceptors (Lipinski definition) is 2. The zero-order valence-electron chi connectivity index (χ0n) is 8.41. The van der Waals surface area contributed by atoms with E-state index in [1.54, 1.807) is 17.7 Å². The van der Waals surface area contributed by atoms with E-state index >= 15 is 0 Å². The molecule has 0 aliphatic rings. The van der Waals surface area contributed by atoms with E-state index in [1.807, 2.05) is 6.07 Å². The Kier molecular flexibility index (Phi) is 2.63. The van der Waals surface area contributed by atoms with Crippen LogP contribution in [0.5, 0.6) is 0 Å². The predicted octanol–water partition coefficient (Wildman–Crippen LogP) is 2.75. The van der Waals surface area contributed by atoms with Crippen LogP contribution in [0.15, 0.2) is 24.5 Å². The summed E-state index contributed by atoms with van der Waals surface area (Å²) >= 11 is 5.69. The molecule has 0 spiro atoms. The minimum atomic E-state index is -0.480. The summed E-state index contributed by atoms with van der Waals surface area (Å²) in [5, 5.41) is 8.91. The summed E-state index contributed by atoms with van der Waals surface area (Å²) in [6.07, 6.45) is 1.53. The van der Waals surface area contributed by atoms with Gasteiger partial charge in [-0.2, -0.15) is 5.26 Å². The molecular formula is C11H7ClFN3. The van der Waals surface area contributed by atoms with E-state index in [0.717, 1.165) is 0 Å². The van der Waals surface area contributed by atoms with E-state index in [4.69, 9.17) is 16.9 Å². The summed E-state index contributed by atoms with van der Waals surface area (Å²) in [5.41, 5.74) is 1.59. The van der Waals surface area contributed by atoms with E-state index < -0.39 is 5.82 Å². The molecule has 0 unspecified atom stereocenters. The molecule has 2 rings (SSSR count). The van der Waals surface area contributed by atoms with Crippen LogP contribution in [-0.2, 0) is 7.05 Å². The number of rotatable bonds is 1. The number of benzene rings is 1. The lowest BCUT2D eigenvalue weighted by Crippen LogP contribution is -1.92. The van der Waals surface area contributed by atoms with Gasteiger partial charge < -0.3 is 4.57 Å². The van der Waals surface area contributed by atoms with Gasteiger partial charge in [0.1, 0.15) is 11.9 Å². The van der Waals surface area contributed by atoms with Crippen LogP contribution < -0.4 is 0 Å². The molecular weight excluding hydrogens is 229 g/mol. The maximum absolute atomic E-state index is 13.0. The lowest BCUT2D eigenvalue weighted by atomic mass is 10.1. The second kappa shape index (κ2) is 3.95. The Bertz CT molecular complexity index is 583. The summed E-state index contributed by atoms with van der Waals surface area (Å²) in [4.78, 5) is 3.93. The molecule has 1 aromatic heterocycles. The van der Waals surface area contributed by atoms with E-state index in [2.05, 4.69) is 4.98 Å². The third kappa shape index (κ3) is 1.66. The number of aryl methyl sites for hydroxylation is 1. The maximum atomic E-state index is 13.0. The van der Waals surface area contributed by atoms with Gasteiger partial charge in [0.2, 0.25) is 0 Å². The van der Waals surface area contributed by atoms with Crippen molar-refractivity contribution in [1.82, 2.24) is 9.55 Å². The monoisotopic (exact) mass is 235 g/mol. The molecule has 0 aliphatic carbocycles. The zero-order chi connectivity index (χ0) is 11.7. The highest BCUT2D eigenvalue weighted by Gasteiger charge is 2.12. The first-order valence-electron chi connectivity index (χ1n) is 4.50. The lowest BCUT2D eigenvalue weighted by Gasteiger charge is -2.04. The fourth-order valence-corrected chi connectivity index (χ4v) is 1.68. The molecule has 0 radical (unpaired) electrons. The summed E-state index contributed by atoms with van der Waals surface area (Å²) < 4.78 is 14.7. The van der Waals surface area contributed by atoms with Crippen LogP contribution in [-0.4, -0.2) is 9.55 Å². The van der Waals surface area contributed by atoms with Crippen molar-refractivity contribution in [2.45, 2.75) is 0 Å². The standard InChI is InChI=1S/C11H7ClFN3/c1-16-6-15-10(5-14)11(16)7-2-3-9(13)8(12)4-7/h2-4,6H,1H3. The predicted molar refractivity (Wildman–Crippen MR) is 58.3 cm³/mol. The van der Waals surface area contributed by atoms with Crippen molar-refractivity contribution >= 4 is 11.6 Å². The van der Waals surface area contributed by atoms with Gasteiger partial charge in [-0.3, -0.25) is 0 Å². The Morgan fingerprint density at radius 1 is 1.50 bits per heavy atom.